The molecule has 2 unspecified atom stereocenters. The number of fused-ring (bicyclic) bond motifs is 9. The second-order valence-electron chi connectivity index (χ2n) is 34.1. The van der Waals surface area contributed by atoms with E-state index in [1.54, 1.807) is 42.7 Å². The highest BCUT2D eigenvalue weighted by molar-refractivity contribution is 9.09. The largest absolute Gasteiger partial charge is 0.497 e. The Balaban J connectivity index is 0.000000145. The number of carbonyl (C=O) groups is 3. The maximum atomic E-state index is 13.9. The molecule has 16 rings (SSSR count). The van der Waals surface area contributed by atoms with Crippen molar-refractivity contribution in [2.75, 3.05) is 127 Å². The van der Waals surface area contributed by atoms with Crippen LogP contribution in [0.2, 0.25) is 0 Å². The van der Waals surface area contributed by atoms with E-state index in [0.29, 0.717) is 32.7 Å². The second kappa shape index (κ2) is 38.0. The third-order valence-electron chi connectivity index (χ3n) is 25.7. The zero-order valence-electron chi connectivity index (χ0n) is 72.3. The molecule has 0 bridgehead atoms. The van der Waals surface area contributed by atoms with E-state index >= 15 is 0 Å². The van der Waals surface area contributed by atoms with Crippen LogP contribution in [0.25, 0.3) is 0 Å². The SMILES string of the molecule is BrCCOC1CCCCO1.COc1cc2c(c(OC)c1)C(C)C=C1N(C2)C(=O)NC12CCN(Cc1cc(C)cc(C)c1)CC2.COc1cc2c(c(OC)c1)[C@@H](C)C=C1N(C2)C(=O)N(CCO)C12CCN(Cc1cc(C)cc(C)c1)CC2.COc1cc2c(c(OC)c1)[C@H](C)C=C1N(C2)C(=O)N(CCO)C12CCN(Cc1cc(C)cc(C)c1)CC2. The fourth-order valence-electron chi connectivity index (χ4n) is 20.6. The van der Waals surface area contributed by atoms with Gasteiger partial charge in [0.05, 0.1) is 98.7 Å². The number of carbonyl (C=O) groups excluding carboxylic acids is 3. The number of aryl methyl sites for hydroxylation is 6. The number of halogens is 1. The van der Waals surface area contributed by atoms with Gasteiger partial charge in [-0.15, -0.1) is 0 Å². The quantitative estimate of drug-likeness (QED) is 0.0645. The van der Waals surface area contributed by atoms with Crippen molar-refractivity contribution in [3.63, 3.8) is 0 Å². The van der Waals surface area contributed by atoms with Crippen LogP contribution in [0.5, 0.6) is 34.5 Å². The number of amides is 6. The van der Waals surface area contributed by atoms with Crippen molar-refractivity contribution in [1.29, 1.82) is 0 Å². The minimum Gasteiger partial charge on any atom is -0.497 e. The summed E-state index contributed by atoms with van der Waals surface area (Å²) in [4.78, 5) is 58.1. The molecule has 118 heavy (non-hydrogen) atoms. The molecular formula is C95H126BrN9O13. The van der Waals surface area contributed by atoms with Crippen molar-refractivity contribution < 1.29 is 62.5 Å². The van der Waals surface area contributed by atoms with Crippen molar-refractivity contribution in [3.05, 3.63) is 210 Å². The average molecular weight is 1680 g/mol. The van der Waals surface area contributed by atoms with E-state index in [0.717, 1.165) is 207 Å². The molecule has 0 aromatic heterocycles. The first-order chi connectivity index (χ1) is 56.8. The lowest BCUT2D eigenvalue weighted by molar-refractivity contribution is -0.158. The van der Waals surface area contributed by atoms with E-state index in [4.69, 9.17) is 37.9 Å². The summed E-state index contributed by atoms with van der Waals surface area (Å²) < 4.78 is 44.5. The number of nitrogens with zero attached hydrogens (tertiary/aromatic N) is 8. The highest BCUT2D eigenvalue weighted by Crippen LogP contribution is 2.53. The molecule has 3 spiro atoms. The lowest BCUT2D eigenvalue weighted by Crippen LogP contribution is -2.54. The summed E-state index contributed by atoms with van der Waals surface area (Å²) in [6.07, 6.45) is 15.6. The predicted octanol–water partition coefficient (Wildman–Crippen LogP) is 16.0. The molecule has 6 aromatic carbocycles. The number of urea groups is 3. The predicted molar refractivity (Wildman–Crippen MR) is 464 cm³/mol. The number of allylic oxidation sites excluding steroid dienone is 3. The van der Waals surface area contributed by atoms with Crippen LogP contribution in [-0.4, -0.2) is 217 Å². The summed E-state index contributed by atoms with van der Waals surface area (Å²) in [5.74, 6) is 4.87. The molecule has 0 saturated carbocycles. The van der Waals surface area contributed by atoms with Gasteiger partial charge in [-0.05, 0) is 151 Å². The van der Waals surface area contributed by atoms with Crippen molar-refractivity contribution in [3.8, 4) is 34.5 Å². The molecule has 23 heteroatoms. The van der Waals surface area contributed by atoms with Crippen LogP contribution in [0.15, 0.2) is 126 Å². The van der Waals surface area contributed by atoms with Gasteiger partial charge < -0.3 is 63.2 Å². The number of aliphatic hydroxyl groups is 2. The Morgan fingerprint density at radius 1 is 0.449 bits per heavy atom. The van der Waals surface area contributed by atoms with Crippen LogP contribution >= 0.6 is 15.9 Å². The number of benzene rings is 6. The molecule has 6 aromatic rings. The number of aliphatic hydroxyl groups excluding tert-OH is 2. The summed E-state index contributed by atoms with van der Waals surface area (Å²) in [6.45, 7) is 31.4. The molecule has 7 fully saturated rings. The maximum absolute atomic E-state index is 13.9. The Morgan fingerprint density at radius 2 is 0.797 bits per heavy atom. The molecule has 3 N–H and O–H groups in total. The van der Waals surface area contributed by atoms with E-state index in [-0.39, 0.29) is 60.9 Å². The molecule has 22 nitrogen and oxygen atoms in total. The summed E-state index contributed by atoms with van der Waals surface area (Å²) in [7, 11) is 10.0. The molecule has 7 saturated heterocycles. The van der Waals surface area contributed by atoms with Crippen LogP contribution < -0.4 is 33.7 Å². The van der Waals surface area contributed by atoms with Gasteiger partial charge in [0.2, 0.25) is 0 Å². The van der Waals surface area contributed by atoms with Gasteiger partial charge in [0.15, 0.2) is 6.29 Å². The zero-order chi connectivity index (χ0) is 83.9. The summed E-state index contributed by atoms with van der Waals surface area (Å²) in [5, 5.41) is 24.1. The molecule has 6 amide bonds. The summed E-state index contributed by atoms with van der Waals surface area (Å²) in [6, 6.07) is 32.1. The van der Waals surface area contributed by atoms with E-state index < -0.39 is 11.1 Å². The Labute approximate surface area is 708 Å². The molecule has 0 aliphatic carbocycles. The van der Waals surface area contributed by atoms with Crippen molar-refractivity contribution >= 4 is 34.0 Å². The van der Waals surface area contributed by atoms with Crippen LogP contribution in [0, 0.1) is 41.5 Å². The van der Waals surface area contributed by atoms with Gasteiger partial charge in [0.1, 0.15) is 34.5 Å². The lowest BCUT2D eigenvalue weighted by atomic mass is 9.82. The highest BCUT2D eigenvalue weighted by atomic mass is 79.9. The molecule has 10 aliphatic rings. The molecule has 10 aliphatic heterocycles. The first-order valence-corrected chi connectivity index (χ1v) is 43.5. The topological polar surface area (TPSA) is 203 Å². The van der Waals surface area contributed by atoms with Gasteiger partial charge >= 0.3 is 18.1 Å². The molecule has 0 radical (unpaired) electrons. The minimum absolute atomic E-state index is 0.00385. The summed E-state index contributed by atoms with van der Waals surface area (Å²) >= 11 is 3.30. The maximum Gasteiger partial charge on any atom is 0.325 e. The monoisotopic (exact) mass is 1680 g/mol. The van der Waals surface area contributed by atoms with E-state index in [1.165, 1.54) is 62.9 Å². The number of alkyl halides is 1. The number of rotatable bonds is 19. The van der Waals surface area contributed by atoms with Crippen molar-refractivity contribution in [1.82, 2.24) is 44.5 Å². The Kier molecular flexibility index (Phi) is 28.0. The molecule has 4 atom stereocenters. The number of ether oxygens (including phenoxy) is 8. The lowest BCUT2D eigenvalue weighted by Gasteiger charge is -2.44. The van der Waals surface area contributed by atoms with E-state index in [2.05, 4.69) is 171 Å². The van der Waals surface area contributed by atoms with Gasteiger partial charge in [-0.2, -0.15) is 0 Å². The fourth-order valence-corrected chi connectivity index (χ4v) is 20.8. The first-order valence-electron chi connectivity index (χ1n) is 42.4. The normalized spacial score (nSPS) is 21.6. The van der Waals surface area contributed by atoms with Gasteiger partial charge in [-0.25, -0.2) is 14.4 Å². The third kappa shape index (κ3) is 18.5. The van der Waals surface area contributed by atoms with E-state index in [9.17, 15) is 24.6 Å². The number of piperidine rings is 3. The average Bonchev–Trinajstić information content (AvgIpc) is 1.57. The van der Waals surface area contributed by atoms with Crippen LogP contribution in [0.3, 0.4) is 0 Å². The summed E-state index contributed by atoms with van der Waals surface area (Å²) in [5.41, 5.74) is 20.5. The molecule has 636 valence electrons. The number of β-amino-alcohol motifs (C(OH)–C–C–N with tert-alkyl or cyclic N) is 2. The standard InChI is InChI=1S/2C30H39N3O4.C28H35N3O3.C7H13BrO2/c2*1-20-12-21(2)14-23(13-20)18-31-8-6-30(7-9-31)27-15-22(3)28-24(16-25(36-4)17-26(28)37-5)19-32(27)29(35)33(30)10-11-34;1-18-10-19(2)12-21(11-18)16-30-8-6-28(7-9-30)25-13-20(3)26-22(17-31(25)27(32)29-28)14-23(33-4)15-24(26)34-5;8-4-6-10-7-3-1-2-5-9-7/h2*12-17,22,34H,6-11,18-19H2,1-5H3;10-15,20H,6-9,16-17H2,1-5H3,(H,29,32);7H,1-6H2/t2*22-;;/m10../s1. The Hall–Kier alpha value is -8.65. The third-order valence-corrected chi connectivity index (χ3v) is 26.0. The molecule has 10 heterocycles. The van der Waals surface area contributed by atoms with E-state index in [1.807, 2.05) is 60.9 Å². The minimum atomic E-state index is -0.410. The van der Waals surface area contributed by atoms with Crippen LogP contribution in [-0.2, 0) is 48.7 Å². The van der Waals surface area contributed by atoms with Gasteiger partial charge in [-0.3, -0.25) is 29.4 Å². The highest BCUT2D eigenvalue weighted by Gasteiger charge is 2.58. The number of nitrogens with one attached hydrogen (secondary N) is 1. The second-order valence-corrected chi connectivity index (χ2v) is 34.8. The van der Waals surface area contributed by atoms with Crippen LogP contribution in [0.1, 0.15) is 180 Å². The number of hydrogen-bond donors (Lipinski definition) is 3. The van der Waals surface area contributed by atoms with Gasteiger partial charge in [-0.1, -0.05) is 143 Å². The van der Waals surface area contributed by atoms with Crippen LogP contribution in [0.4, 0.5) is 14.4 Å². The Bertz CT molecular complexity index is 4440. The van der Waals surface area contributed by atoms with Crippen molar-refractivity contribution in [2.24, 2.45) is 0 Å². The number of likely N-dealkylation sites (tertiary alicyclic amines) is 3. The first kappa shape index (κ1) is 87.2. The zero-order valence-corrected chi connectivity index (χ0v) is 73.9. The smallest absolute Gasteiger partial charge is 0.325 e. The van der Waals surface area contributed by atoms with Gasteiger partial charge in [0.25, 0.3) is 0 Å². The fraction of sp³-hybridized carbons (Fsp3) is 0.526. The molecular weight excluding hydrogens is 1550 g/mol. The number of hydrogen-bond acceptors (Lipinski definition) is 16. The number of methoxy groups -OCH3 is 6. The van der Waals surface area contributed by atoms with Gasteiger partial charge in [0, 0.05) is 154 Å². The van der Waals surface area contributed by atoms with Crippen molar-refractivity contribution in [2.45, 2.75) is 200 Å². The Morgan fingerprint density at radius 3 is 1.12 bits per heavy atom.